The lowest BCUT2D eigenvalue weighted by Gasteiger charge is -2.08. The van der Waals surface area contributed by atoms with Crippen LogP contribution in [0.2, 0.25) is 0 Å². The quantitative estimate of drug-likeness (QED) is 0.102. The molecule has 2 nitrogen and oxygen atoms in total. The van der Waals surface area contributed by atoms with Crippen molar-refractivity contribution >= 4 is 0 Å². The highest BCUT2D eigenvalue weighted by Crippen LogP contribution is 2.17. The lowest BCUT2D eigenvalue weighted by atomic mass is 10.0. The topological polar surface area (TPSA) is 13.1 Å². The normalized spacial score (nSPS) is 10.7. The van der Waals surface area contributed by atoms with E-state index in [1.54, 1.807) is 0 Å². The van der Waals surface area contributed by atoms with Crippen molar-refractivity contribution in [3.63, 3.8) is 0 Å². The van der Waals surface area contributed by atoms with Gasteiger partial charge in [0.05, 0.1) is 6.61 Å². The second kappa shape index (κ2) is 19.1. The van der Waals surface area contributed by atoms with Crippen molar-refractivity contribution in [2.75, 3.05) is 6.61 Å². The van der Waals surface area contributed by atoms with E-state index < -0.39 is 0 Å². The number of aryl methyl sites for hydroxylation is 3. The summed E-state index contributed by atoms with van der Waals surface area (Å²) in [4.78, 5) is 0. The second-order valence-corrected chi connectivity index (χ2v) is 10.7. The first-order valence-corrected chi connectivity index (χ1v) is 15.2. The molecule has 3 heteroatoms. The fourth-order valence-electron chi connectivity index (χ4n) is 5.12. The Balaban J connectivity index is 0.00000441. The first-order chi connectivity index (χ1) is 19.4. The first kappa shape index (κ1) is 31.4. The molecule has 4 rings (SSSR count). The highest BCUT2D eigenvalue weighted by Gasteiger charge is 2.03. The van der Waals surface area contributed by atoms with E-state index in [1.807, 2.05) is 0 Å². The number of aromatic nitrogens is 1. The van der Waals surface area contributed by atoms with Crippen LogP contribution in [0.1, 0.15) is 75.3 Å². The number of benzene rings is 3. The highest BCUT2D eigenvalue weighted by molar-refractivity contribution is 5.61. The molecule has 0 radical (unpaired) electrons. The fraction of sp³-hybridized carbons (Fsp3) is 0.378. The summed E-state index contributed by atoms with van der Waals surface area (Å²) in [5.74, 6) is 1.00. The summed E-state index contributed by atoms with van der Waals surface area (Å²) < 4.78 is 8.28. The number of hydrogen-bond donors (Lipinski definition) is 0. The van der Waals surface area contributed by atoms with Crippen LogP contribution in [-0.4, -0.2) is 6.61 Å². The van der Waals surface area contributed by atoms with Gasteiger partial charge < -0.3 is 17.1 Å². The Morgan fingerprint density at radius 3 is 1.52 bits per heavy atom. The molecule has 0 unspecified atom stereocenters. The van der Waals surface area contributed by atoms with E-state index in [-0.39, 0.29) is 12.4 Å². The molecule has 1 heterocycles. The van der Waals surface area contributed by atoms with Gasteiger partial charge in [0.1, 0.15) is 12.3 Å². The fourth-order valence-corrected chi connectivity index (χ4v) is 5.12. The van der Waals surface area contributed by atoms with Crippen LogP contribution < -0.4 is 21.7 Å². The molecule has 3 aromatic carbocycles. The van der Waals surface area contributed by atoms with Crippen LogP contribution in [-0.2, 0) is 19.4 Å². The Morgan fingerprint density at radius 2 is 0.925 bits per heavy atom. The van der Waals surface area contributed by atoms with Gasteiger partial charge in [-0.3, -0.25) is 0 Å². The van der Waals surface area contributed by atoms with Gasteiger partial charge in [-0.05, 0) is 60.1 Å². The molecule has 0 aliphatic heterocycles. The monoisotopic (exact) mass is 555 g/mol. The zero-order chi connectivity index (χ0) is 26.8. The Kier molecular flexibility index (Phi) is 15.0. The Morgan fingerprint density at radius 1 is 0.450 bits per heavy atom. The van der Waals surface area contributed by atoms with Crippen LogP contribution >= 0.6 is 0 Å². The number of ether oxygens (including phenoxy) is 1. The Hall–Kier alpha value is -3.10. The van der Waals surface area contributed by atoms with Crippen LogP contribution in [0.15, 0.2) is 109 Å². The van der Waals surface area contributed by atoms with E-state index in [1.165, 1.54) is 80.0 Å². The summed E-state index contributed by atoms with van der Waals surface area (Å²) in [7, 11) is 0. The molecule has 0 amide bonds. The number of halogens is 1. The number of rotatable bonds is 18. The van der Waals surface area contributed by atoms with Gasteiger partial charge in [0.2, 0.25) is 0 Å². The van der Waals surface area contributed by atoms with Crippen molar-refractivity contribution in [1.82, 2.24) is 0 Å². The van der Waals surface area contributed by atoms with E-state index in [2.05, 4.69) is 114 Å². The number of unbranched alkanes of at least 4 members (excludes halogenated alkanes) is 9. The van der Waals surface area contributed by atoms with Crippen LogP contribution in [0.3, 0.4) is 0 Å². The summed E-state index contributed by atoms with van der Waals surface area (Å²) in [6.45, 7) is 1.95. The van der Waals surface area contributed by atoms with Crippen molar-refractivity contribution < 1.29 is 21.7 Å². The van der Waals surface area contributed by atoms with Crippen molar-refractivity contribution in [1.29, 1.82) is 0 Å². The van der Waals surface area contributed by atoms with E-state index in [4.69, 9.17) is 4.74 Å². The second-order valence-electron chi connectivity index (χ2n) is 10.7. The summed E-state index contributed by atoms with van der Waals surface area (Å²) in [5.41, 5.74) is 5.35. The average Bonchev–Trinajstić information content (AvgIpc) is 3.00. The van der Waals surface area contributed by atoms with Crippen molar-refractivity contribution in [3.05, 3.63) is 121 Å². The van der Waals surface area contributed by atoms with Crippen LogP contribution in [0.5, 0.6) is 5.75 Å². The molecule has 0 atom stereocenters. The highest BCUT2D eigenvalue weighted by atomic mass is 35.5. The Bertz CT molecular complexity index is 1160. The van der Waals surface area contributed by atoms with Gasteiger partial charge >= 0.3 is 0 Å². The van der Waals surface area contributed by atoms with Crippen LogP contribution in [0.25, 0.3) is 11.1 Å². The predicted molar refractivity (Wildman–Crippen MR) is 164 cm³/mol. The summed E-state index contributed by atoms with van der Waals surface area (Å²) in [6, 6.07) is 34.4. The molecule has 0 aliphatic rings. The molecule has 212 valence electrons. The molecule has 1 aromatic heterocycles. The largest absolute Gasteiger partial charge is 1.00 e. The Labute approximate surface area is 248 Å². The molecule has 4 aromatic rings. The van der Waals surface area contributed by atoms with Crippen molar-refractivity contribution in [2.45, 2.75) is 83.6 Å². The molecular formula is C37H46ClNO. The summed E-state index contributed by atoms with van der Waals surface area (Å²) in [6.07, 6.45) is 19.8. The third-order valence-corrected chi connectivity index (χ3v) is 7.55. The maximum Gasteiger partial charge on any atom is 0.169 e. The number of nitrogens with zero attached hydrogens (tertiary/aromatic N) is 1. The zero-order valence-electron chi connectivity index (χ0n) is 24.0. The number of hydrogen-bond acceptors (Lipinski definition) is 1. The summed E-state index contributed by atoms with van der Waals surface area (Å²) >= 11 is 0. The van der Waals surface area contributed by atoms with Crippen LogP contribution in [0.4, 0.5) is 0 Å². The van der Waals surface area contributed by atoms with Gasteiger partial charge in [0.15, 0.2) is 12.4 Å². The van der Waals surface area contributed by atoms with Crippen molar-refractivity contribution in [2.24, 2.45) is 0 Å². The summed E-state index contributed by atoms with van der Waals surface area (Å²) in [5, 5.41) is 0. The third-order valence-electron chi connectivity index (χ3n) is 7.55. The molecule has 0 spiro atoms. The predicted octanol–water partition coefficient (Wildman–Crippen LogP) is 6.41. The minimum Gasteiger partial charge on any atom is -1.00 e. The van der Waals surface area contributed by atoms with Crippen LogP contribution in [0, 0.1) is 0 Å². The van der Waals surface area contributed by atoms with E-state index in [0.717, 1.165) is 38.2 Å². The standard InChI is InChI=1S/C37H46NO.ClH/c1(3-5-7-15-29-38-30-27-36(28-31-38)35-19-13-10-14-20-35)2-4-6-8-16-32-39-37-25-23-34(24-26-37)22-21-33-17-11-9-12-18-33;/h9-14,17-20,23-28,30-31H,1-8,15-16,21-22,29,32H2;1H/q+1;/p-1. The van der Waals surface area contributed by atoms with Crippen molar-refractivity contribution in [3.8, 4) is 16.9 Å². The van der Waals surface area contributed by atoms with E-state index in [9.17, 15) is 0 Å². The average molecular weight is 556 g/mol. The zero-order valence-corrected chi connectivity index (χ0v) is 24.8. The smallest absolute Gasteiger partial charge is 0.169 e. The van der Waals surface area contributed by atoms with Gasteiger partial charge in [-0.15, -0.1) is 0 Å². The van der Waals surface area contributed by atoms with Gasteiger partial charge in [-0.1, -0.05) is 118 Å². The molecular weight excluding hydrogens is 510 g/mol. The van der Waals surface area contributed by atoms with E-state index >= 15 is 0 Å². The minimum absolute atomic E-state index is 0. The molecule has 0 aliphatic carbocycles. The molecule has 0 fully saturated rings. The first-order valence-electron chi connectivity index (χ1n) is 15.2. The molecule has 40 heavy (non-hydrogen) atoms. The molecule has 0 N–H and O–H groups in total. The third kappa shape index (κ3) is 12.0. The minimum atomic E-state index is 0. The van der Waals surface area contributed by atoms with Gasteiger partial charge in [0, 0.05) is 18.6 Å². The molecule has 0 bridgehead atoms. The van der Waals surface area contributed by atoms with E-state index in [0.29, 0.717) is 0 Å². The molecule has 0 saturated heterocycles. The van der Waals surface area contributed by atoms with Gasteiger partial charge in [0.25, 0.3) is 0 Å². The SMILES string of the molecule is [Cl-].c1ccc(CCc2ccc(OCCCCCCCCCCCC[n+]3ccc(-c4ccccc4)cc3)cc2)cc1. The molecule has 0 saturated carbocycles. The van der Waals surface area contributed by atoms with Gasteiger partial charge in [-0.2, -0.15) is 0 Å². The van der Waals surface area contributed by atoms with Gasteiger partial charge in [-0.25, -0.2) is 4.57 Å². The maximum atomic E-state index is 5.96. The lowest BCUT2D eigenvalue weighted by Crippen LogP contribution is -3.00. The lowest BCUT2D eigenvalue weighted by molar-refractivity contribution is -0.697. The number of pyridine rings is 1. The maximum absolute atomic E-state index is 5.96.